The summed E-state index contributed by atoms with van der Waals surface area (Å²) in [6.07, 6.45) is 3.66. The van der Waals surface area contributed by atoms with E-state index in [0.29, 0.717) is 36.1 Å². The molecule has 0 aliphatic rings. The van der Waals surface area contributed by atoms with Gasteiger partial charge in [-0.05, 0) is 67.1 Å². The molecule has 0 saturated heterocycles. The van der Waals surface area contributed by atoms with Gasteiger partial charge in [0.2, 0.25) is 5.91 Å². The van der Waals surface area contributed by atoms with E-state index >= 15 is 0 Å². The fourth-order valence-electron chi connectivity index (χ4n) is 4.58. The van der Waals surface area contributed by atoms with Gasteiger partial charge in [0.15, 0.2) is 5.69 Å². The van der Waals surface area contributed by atoms with E-state index in [0.717, 1.165) is 49.0 Å². The Morgan fingerprint density at radius 1 is 1.05 bits per heavy atom. The number of nitrogens with two attached hydrogens (primary N) is 1. The summed E-state index contributed by atoms with van der Waals surface area (Å²) in [5.74, 6) is -0.420. The largest absolute Gasteiger partial charge is 0.508 e. The second-order valence-electron chi connectivity index (χ2n) is 10.2. The SMILES string of the molecule is CC(C)c1cc(CCc2onc(C(N)=O)c2-c2ccc(CN(C)CCCCCC(=O)NO)cc2)c(O)cc1O. The Balaban J connectivity index is 1.68. The second kappa shape index (κ2) is 13.8. The lowest BCUT2D eigenvalue weighted by atomic mass is 9.95. The van der Waals surface area contributed by atoms with Gasteiger partial charge in [-0.15, -0.1) is 0 Å². The molecule has 2 aromatic carbocycles. The van der Waals surface area contributed by atoms with Crippen molar-refractivity contribution in [2.45, 2.75) is 64.8 Å². The molecule has 39 heavy (non-hydrogen) atoms. The third kappa shape index (κ3) is 8.05. The van der Waals surface area contributed by atoms with E-state index in [4.69, 9.17) is 15.5 Å². The maximum absolute atomic E-state index is 12.1. The summed E-state index contributed by atoms with van der Waals surface area (Å²) in [5.41, 5.74) is 11.1. The first-order valence-electron chi connectivity index (χ1n) is 13.1. The maximum Gasteiger partial charge on any atom is 0.271 e. The Morgan fingerprint density at radius 3 is 2.41 bits per heavy atom. The quantitative estimate of drug-likeness (QED) is 0.116. The average molecular weight is 539 g/mol. The van der Waals surface area contributed by atoms with Crippen molar-refractivity contribution in [2.75, 3.05) is 13.6 Å². The monoisotopic (exact) mass is 538 g/mol. The molecule has 1 heterocycles. The molecule has 210 valence electrons. The number of hydrogen-bond donors (Lipinski definition) is 5. The van der Waals surface area contributed by atoms with Crippen LogP contribution in [-0.2, 0) is 24.2 Å². The fourth-order valence-corrected chi connectivity index (χ4v) is 4.58. The van der Waals surface area contributed by atoms with E-state index in [9.17, 15) is 19.8 Å². The van der Waals surface area contributed by atoms with Gasteiger partial charge in [-0.1, -0.05) is 49.7 Å². The van der Waals surface area contributed by atoms with Gasteiger partial charge in [0, 0.05) is 25.5 Å². The van der Waals surface area contributed by atoms with Crippen LogP contribution < -0.4 is 11.2 Å². The van der Waals surface area contributed by atoms with Crippen molar-refractivity contribution in [1.82, 2.24) is 15.5 Å². The predicted octanol–water partition coefficient (Wildman–Crippen LogP) is 4.26. The zero-order valence-corrected chi connectivity index (χ0v) is 22.7. The first kappa shape index (κ1) is 29.7. The molecule has 0 spiro atoms. The van der Waals surface area contributed by atoms with Crippen LogP contribution in [0.25, 0.3) is 11.1 Å². The molecule has 3 rings (SSSR count). The number of phenols is 2. The van der Waals surface area contributed by atoms with Gasteiger partial charge in [-0.3, -0.25) is 14.8 Å². The molecule has 0 fully saturated rings. The highest BCUT2D eigenvalue weighted by Crippen LogP contribution is 2.34. The molecule has 0 aliphatic carbocycles. The third-order valence-corrected chi connectivity index (χ3v) is 6.73. The second-order valence-corrected chi connectivity index (χ2v) is 10.2. The number of carbonyl (C=O) groups is 2. The van der Waals surface area contributed by atoms with Crippen molar-refractivity contribution in [1.29, 1.82) is 0 Å². The maximum atomic E-state index is 12.1. The molecule has 1 aromatic heterocycles. The van der Waals surface area contributed by atoms with Gasteiger partial charge in [0.05, 0.1) is 5.56 Å². The highest BCUT2D eigenvalue weighted by molar-refractivity contribution is 5.98. The summed E-state index contributed by atoms with van der Waals surface area (Å²) in [5, 5.41) is 33.0. The van der Waals surface area contributed by atoms with Gasteiger partial charge < -0.3 is 25.4 Å². The molecule has 0 radical (unpaired) electrons. The Morgan fingerprint density at radius 2 is 1.77 bits per heavy atom. The van der Waals surface area contributed by atoms with Crippen LogP contribution in [0.3, 0.4) is 0 Å². The molecule has 0 aliphatic heterocycles. The number of rotatable bonds is 14. The number of aromatic hydroxyl groups is 2. The number of aromatic nitrogens is 1. The minimum Gasteiger partial charge on any atom is -0.508 e. The van der Waals surface area contributed by atoms with Crippen LogP contribution >= 0.6 is 0 Å². The number of amides is 2. The van der Waals surface area contributed by atoms with Gasteiger partial charge in [-0.2, -0.15) is 0 Å². The Labute approximate surface area is 228 Å². The van der Waals surface area contributed by atoms with Crippen molar-refractivity contribution >= 4 is 11.8 Å². The summed E-state index contributed by atoms with van der Waals surface area (Å²) in [6, 6.07) is 10.9. The Kier molecular flexibility index (Phi) is 10.5. The highest BCUT2D eigenvalue weighted by atomic mass is 16.5. The number of phenolic OH excluding ortho intramolecular Hbond substituents is 2. The summed E-state index contributed by atoms with van der Waals surface area (Å²) < 4.78 is 5.53. The topological polar surface area (TPSA) is 162 Å². The van der Waals surface area contributed by atoms with Gasteiger partial charge in [-0.25, -0.2) is 5.48 Å². The minimum atomic E-state index is -0.685. The van der Waals surface area contributed by atoms with Gasteiger partial charge in [0.1, 0.15) is 17.3 Å². The van der Waals surface area contributed by atoms with Crippen LogP contribution in [0.5, 0.6) is 11.5 Å². The van der Waals surface area contributed by atoms with Crippen molar-refractivity contribution in [3.63, 3.8) is 0 Å². The first-order chi connectivity index (χ1) is 18.6. The number of unbranched alkanes of at least 4 members (excludes halogenated alkanes) is 2. The molecule has 0 atom stereocenters. The van der Waals surface area contributed by atoms with Crippen molar-refractivity contribution in [3.8, 4) is 22.6 Å². The van der Waals surface area contributed by atoms with Crippen LogP contribution in [0.4, 0.5) is 0 Å². The number of carbonyl (C=O) groups excluding carboxylic acids is 2. The molecule has 0 bridgehead atoms. The lowest BCUT2D eigenvalue weighted by Gasteiger charge is -2.17. The van der Waals surface area contributed by atoms with Crippen LogP contribution in [0, 0.1) is 0 Å². The number of hydroxylamine groups is 1. The van der Waals surface area contributed by atoms with E-state index in [1.807, 2.05) is 45.2 Å². The number of aryl methyl sites for hydroxylation is 2. The van der Waals surface area contributed by atoms with Crippen LogP contribution in [-0.4, -0.2) is 50.9 Å². The van der Waals surface area contributed by atoms with Gasteiger partial charge >= 0.3 is 0 Å². The lowest BCUT2D eigenvalue weighted by molar-refractivity contribution is -0.129. The molecule has 3 aromatic rings. The van der Waals surface area contributed by atoms with Crippen LogP contribution in [0.1, 0.15) is 78.4 Å². The summed E-state index contributed by atoms with van der Waals surface area (Å²) in [4.78, 5) is 25.4. The number of primary amides is 1. The average Bonchev–Trinajstić information content (AvgIpc) is 3.32. The van der Waals surface area contributed by atoms with E-state index in [-0.39, 0.29) is 29.0 Å². The molecule has 0 unspecified atom stereocenters. The smallest absolute Gasteiger partial charge is 0.271 e. The Bertz CT molecular complexity index is 1270. The van der Waals surface area contributed by atoms with Crippen molar-refractivity contribution in [2.24, 2.45) is 5.73 Å². The van der Waals surface area contributed by atoms with E-state index in [1.165, 1.54) is 6.07 Å². The van der Waals surface area contributed by atoms with E-state index in [2.05, 4.69) is 10.1 Å². The molecule has 0 saturated carbocycles. The highest BCUT2D eigenvalue weighted by Gasteiger charge is 2.22. The summed E-state index contributed by atoms with van der Waals surface area (Å²) >= 11 is 0. The zero-order chi connectivity index (χ0) is 28.5. The zero-order valence-electron chi connectivity index (χ0n) is 22.7. The standard InChI is InChI=1S/C29H38N4O6/c1-18(2)22-15-21(23(34)16-24(22)35)12-13-25-27(28(29(30)37)32-39-25)20-10-8-19(9-11-20)17-33(3)14-6-4-5-7-26(36)31-38/h8-11,15-16,18,34-35,38H,4-7,12-14,17H2,1-3H3,(H2,30,37)(H,31,36). The number of hydrogen-bond acceptors (Lipinski definition) is 8. The minimum absolute atomic E-state index is 0.00257. The van der Waals surface area contributed by atoms with Crippen molar-refractivity contribution < 1.29 is 29.5 Å². The van der Waals surface area contributed by atoms with E-state index in [1.54, 1.807) is 11.5 Å². The lowest BCUT2D eigenvalue weighted by Crippen LogP contribution is -2.20. The van der Waals surface area contributed by atoms with E-state index < -0.39 is 5.91 Å². The Hall–Kier alpha value is -3.89. The predicted molar refractivity (Wildman–Crippen MR) is 146 cm³/mol. The van der Waals surface area contributed by atoms with Gasteiger partial charge in [0.25, 0.3) is 5.91 Å². The van der Waals surface area contributed by atoms with Crippen molar-refractivity contribution in [3.05, 3.63) is 64.5 Å². The molecule has 2 amide bonds. The number of benzene rings is 2. The summed E-state index contributed by atoms with van der Waals surface area (Å²) in [6.45, 7) is 5.53. The molecule has 10 heteroatoms. The molecular weight excluding hydrogens is 500 g/mol. The number of nitrogens with zero attached hydrogens (tertiary/aromatic N) is 2. The first-order valence-corrected chi connectivity index (χ1v) is 13.1. The fraction of sp³-hybridized carbons (Fsp3) is 0.414. The molecule has 6 N–H and O–H groups in total. The third-order valence-electron chi connectivity index (χ3n) is 6.73. The summed E-state index contributed by atoms with van der Waals surface area (Å²) in [7, 11) is 2.03. The molecule has 10 nitrogen and oxygen atoms in total. The molecular formula is C29H38N4O6. The number of nitrogens with one attached hydrogen (secondary N) is 1. The van der Waals surface area contributed by atoms with Crippen LogP contribution in [0.15, 0.2) is 40.9 Å². The normalized spacial score (nSPS) is 11.3. The van der Waals surface area contributed by atoms with Crippen LogP contribution in [0.2, 0.25) is 0 Å².